The van der Waals surface area contributed by atoms with Crippen LogP contribution in [0.2, 0.25) is 0 Å². The molecule has 0 aliphatic carbocycles. The molecule has 40 heavy (non-hydrogen) atoms. The molecule has 0 bridgehead atoms. The van der Waals surface area contributed by atoms with Crippen molar-refractivity contribution in [3.63, 3.8) is 0 Å². The van der Waals surface area contributed by atoms with E-state index < -0.39 is 0 Å². The molecule has 0 atom stereocenters. The SMILES string of the molecule is c1ccc(-c2c3ccccc3c(-c3cccc4c3oc3cc5c(cc34)sc3ccccc35)c3ccccc23)cc1. The minimum Gasteiger partial charge on any atom is -0.455 e. The zero-order chi connectivity index (χ0) is 26.2. The van der Waals surface area contributed by atoms with Crippen molar-refractivity contribution in [3.05, 3.63) is 133 Å². The highest BCUT2D eigenvalue weighted by molar-refractivity contribution is 7.25. The van der Waals surface area contributed by atoms with Crippen LogP contribution in [0.5, 0.6) is 0 Å². The number of fused-ring (bicyclic) bond motifs is 8. The van der Waals surface area contributed by atoms with Crippen molar-refractivity contribution in [2.24, 2.45) is 0 Å². The third-order valence-corrected chi connectivity index (χ3v) is 9.39. The van der Waals surface area contributed by atoms with Crippen LogP contribution in [0.1, 0.15) is 0 Å². The predicted molar refractivity (Wildman–Crippen MR) is 172 cm³/mol. The van der Waals surface area contributed by atoms with Gasteiger partial charge in [0.2, 0.25) is 0 Å². The van der Waals surface area contributed by atoms with Gasteiger partial charge in [-0.2, -0.15) is 0 Å². The highest BCUT2D eigenvalue weighted by Crippen LogP contribution is 2.47. The summed E-state index contributed by atoms with van der Waals surface area (Å²) in [5.74, 6) is 0. The van der Waals surface area contributed by atoms with Gasteiger partial charge in [0, 0.05) is 42.1 Å². The predicted octanol–water partition coefficient (Wildman–Crippen LogP) is 11.6. The second-order valence-electron chi connectivity index (χ2n) is 10.4. The summed E-state index contributed by atoms with van der Waals surface area (Å²) in [6.07, 6.45) is 0. The van der Waals surface area contributed by atoms with Crippen molar-refractivity contribution in [2.45, 2.75) is 0 Å². The molecule has 0 saturated heterocycles. The molecule has 0 fully saturated rings. The van der Waals surface area contributed by atoms with E-state index in [9.17, 15) is 0 Å². The Bertz CT molecular complexity index is 2370. The fourth-order valence-electron chi connectivity index (χ4n) is 6.55. The van der Waals surface area contributed by atoms with Gasteiger partial charge in [0.15, 0.2) is 0 Å². The molecule has 0 spiro atoms. The van der Waals surface area contributed by atoms with Gasteiger partial charge in [0.25, 0.3) is 0 Å². The van der Waals surface area contributed by atoms with E-state index in [0.717, 1.165) is 22.1 Å². The Balaban J connectivity index is 1.41. The first-order valence-electron chi connectivity index (χ1n) is 13.6. The third-order valence-electron chi connectivity index (χ3n) is 8.26. The van der Waals surface area contributed by atoms with Crippen LogP contribution < -0.4 is 0 Å². The number of furan rings is 1. The Morgan fingerprint density at radius 3 is 1.73 bits per heavy atom. The summed E-state index contributed by atoms with van der Waals surface area (Å²) < 4.78 is 9.39. The van der Waals surface area contributed by atoms with Gasteiger partial charge >= 0.3 is 0 Å². The van der Waals surface area contributed by atoms with Gasteiger partial charge in [0.1, 0.15) is 11.2 Å². The highest BCUT2D eigenvalue weighted by Gasteiger charge is 2.20. The molecule has 9 rings (SSSR count). The molecule has 2 heteroatoms. The van der Waals surface area contributed by atoms with Crippen molar-refractivity contribution < 1.29 is 4.42 Å². The molecule has 0 amide bonds. The number of para-hydroxylation sites is 1. The Labute approximate surface area is 234 Å². The highest BCUT2D eigenvalue weighted by atomic mass is 32.1. The van der Waals surface area contributed by atoms with Crippen LogP contribution in [0.3, 0.4) is 0 Å². The molecule has 0 saturated carbocycles. The lowest BCUT2D eigenvalue weighted by Gasteiger charge is -2.17. The summed E-state index contributed by atoms with van der Waals surface area (Å²) in [5, 5.41) is 9.86. The van der Waals surface area contributed by atoms with Crippen LogP contribution >= 0.6 is 11.3 Å². The second-order valence-corrected chi connectivity index (χ2v) is 11.5. The van der Waals surface area contributed by atoms with Crippen LogP contribution in [0.4, 0.5) is 0 Å². The van der Waals surface area contributed by atoms with Gasteiger partial charge in [-0.25, -0.2) is 0 Å². The summed E-state index contributed by atoms with van der Waals surface area (Å²) in [7, 11) is 0. The first-order valence-corrected chi connectivity index (χ1v) is 14.4. The summed E-state index contributed by atoms with van der Waals surface area (Å²) in [5.41, 5.74) is 6.75. The molecule has 0 aliphatic heterocycles. The van der Waals surface area contributed by atoms with Gasteiger partial charge in [-0.15, -0.1) is 11.3 Å². The van der Waals surface area contributed by atoms with Crippen molar-refractivity contribution in [3.8, 4) is 22.3 Å². The van der Waals surface area contributed by atoms with Crippen LogP contribution in [-0.2, 0) is 0 Å². The maximum Gasteiger partial charge on any atom is 0.143 e. The fraction of sp³-hybridized carbons (Fsp3) is 0. The minimum absolute atomic E-state index is 0.938. The first kappa shape index (κ1) is 22.0. The molecule has 2 heterocycles. The molecule has 186 valence electrons. The van der Waals surface area contributed by atoms with Crippen LogP contribution in [0.15, 0.2) is 138 Å². The summed E-state index contributed by atoms with van der Waals surface area (Å²) >= 11 is 1.85. The van der Waals surface area contributed by atoms with E-state index >= 15 is 0 Å². The molecule has 1 nitrogen and oxygen atoms in total. The van der Waals surface area contributed by atoms with Crippen LogP contribution in [0.25, 0.3) is 85.9 Å². The fourth-order valence-corrected chi connectivity index (χ4v) is 7.67. The Hall–Kier alpha value is -4.92. The van der Waals surface area contributed by atoms with Crippen molar-refractivity contribution in [1.82, 2.24) is 0 Å². The largest absolute Gasteiger partial charge is 0.455 e. The van der Waals surface area contributed by atoms with Crippen LogP contribution in [-0.4, -0.2) is 0 Å². The lowest BCUT2D eigenvalue weighted by molar-refractivity contribution is 0.670. The van der Waals surface area contributed by atoms with Gasteiger partial charge in [-0.1, -0.05) is 115 Å². The summed E-state index contributed by atoms with van der Waals surface area (Å²) in [4.78, 5) is 0. The number of hydrogen-bond acceptors (Lipinski definition) is 2. The molecule has 0 N–H and O–H groups in total. The van der Waals surface area contributed by atoms with Gasteiger partial charge < -0.3 is 4.42 Å². The van der Waals surface area contributed by atoms with E-state index in [1.807, 2.05) is 11.3 Å². The third kappa shape index (κ3) is 3.03. The monoisotopic (exact) mass is 526 g/mol. The number of rotatable bonds is 2. The van der Waals surface area contributed by atoms with Crippen molar-refractivity contribution in [2.75, 3.05) is 0 Å². The van der Waals surface area contributed by atoms with Crippen molar-refractivity contribution in [1.29, 1.82) is 0 Å². The lowest BCUT2D eigenvalue weighted by atomic mass is 9.85. The standard InChI is InChI=1S/C38H22OS/c1-2-11-23(12-3-1)36-25-14-4-6-16-27(25)37(28-17-7-5-15-26(28)36)30-19-10-18-29-31-22-35-32(21-33(31)39-38(29)30)24-13-8-9-20-34(24)40-35/h1-22H. The van der Waals surface area contributed by atoms with E-state index in [0.29, 0.717) is 0 Å². The Kier molecular flexibility index (Phi) is 4.55. The topological polar surface area (TPSA) is 13.1 Å². The van der Waals surface area contributed by atoms with E-state index in [4.69, 9.17) is 4.42 Å². The van der Waals surface area contributed by atoms with E-state index in [-0.39, 0.29) is 0 Å². The van der Waals surface area contributed by atoms with E-state index in [2.05, 4.69) is 133 Å². The summed E-state index contributed by atoms with van der Waals surface area (Å²) in [6.45, 7) is 0. The van der Waals surface area contributed by atoms with Crippen LogP contribution in [0, 0.1) is 0 Å². The molecular weight excluding hydrogens is 504 g/mol. The van der Waals surface area contributed by atoms with Gasteiger partial charge in [-0.05, 0) is 50.9 Å². The van der Waals surface area contributed by atoms with E-state index in [1.54, 1.807) is 0 Å². The summed E-state index contributed by atoms with van der Waals surface area (Å²) in [6, 6.07) is 48.1. The second kappa shape index (κ2) is 8.29. The van der Waals surface area contributed by atoms with Crippen molar-refractivity contribution >= 4 is 75.0 Å². The molecule has 9 aromatic rings. The minimum atomic E-state index is 0.938. The molecular formula is C38H22OS. The quantitative estimate of drug-likeness (QED) is 0.204. The molecule has 2 aromatic heterocycles. The molecule has 7 aromatic carbocycles. The zero-order valence-corrected chi connectivity index (χ0v) is 22.3. The number of hydrogen-bond donors (Lipinski definition) is 0. The number of thiophene rings is 1. The maximum absolute atomic E-state index is 6.78. The average molecular weight is 527 g/mol. The lowest BCUT2D eigenvalue weighted by Crippen LogP contribution is -1.90. The van der Waals surface area contributed by atoms with Gasteiger partial charge in [0.05, 0.1) is 0 Å². The number of benzene rings is 7. The normalized spacial score (nSPS) is 12.0. The molecule has 0 radical (unpaired) electrons. The first-order chi connectivity index (χ1) is 19.8. The average Bonchev–Trinajstić information content (AvgIpc) is 3.56. The Morgan fingerprint density at radius 2 is 1.00 bits per heavy atom. The molecule has 0 unspecified atom stereocenters. The smallest absolute Gasteiger partial charge is 0.143 e. The van der Waals surface area contributed by atoms with E-state index in [1.165, 1.54) is 63.8 Å². The zero-order valence-electron chi connectivity index (χ0n) is 21.5. The van der Waals surface area contributed by atoms with Gasteiger partial charge in [-0.3, -0.25) is 0 Å². The molecule has 0 aliphatic rings. The Morgan fingerprint density at radius 1 is 0.400 bits per heavy atom. The maximum atomic E-state index is 6.78.